The lowest BCUT2D eigenvalue weighted by atomic mass is 10.2. The van der Waals surface area contributed by atoms with E-state index in [0.717, 1.165) is 21.2 Å². The van der Waals surface area contributed by atoms with Crippen molar-refractivity contribution >= 4 is 36.6 Å². The number of benzene rings is 2. The number of carbonyl (C=O) groups is 1. The largest absolute Gasteiger partial charge is 0.349 e. The molecular formula is C24H30N5O4PS. The Balaban J connectivity index is 1.47. The van der Waals surface area contributed by atoms with Crippen LogP contribution in [0.5, 0.6) is 0 Å². The summed E-state index contributed by atoms with van der Waals surface area (Å²) in [5.74, 6) is -0.118. The summed E-state index contributed by atoms with van der Waals surface area (Å²) >= 11 is 1.65. The molecule has 0 atom stereocenters. The molecule has 4 rings (SSSR count). The summed E-state index contributed by atoms with van der Waals surface area (Å²) < 4.78 is 25.7. The summed E-state index contributed by atoms with van der Waals surface area (Å²) in [4.78, 5) is 17.2. The van der Waals surface area contributed by atoms with E-state index >= 15 is 0 Å². The lowest BCUT2D eigenvalue weighted by molar-refractivity contribution is -0.118. The van der Waals surface area contributed by atoms with E-state index in [9.17, 15) is 9.36 Å². The molecule has 0 fully saturated rings. The van der Waals surface area contributed by atoms with E-state index in [4.69, 9.17) is 9.05 Å². The van der Waals surface area contributed by atoms with Gasteiger partial charge in [-0.25, -0.2) is 4.68 Å². The van der Waals surface area contributed by atoms with Gasteiger partial charge in [-0.3, -0.25) is 19.6 Å². The first kappa shape index (κ1) is 25.6. The Labute approximate surface area is 209 Å². The summed E-state index contributed by atoms with van der Waals surface area (Å²) in [6, 6.07) is 15.7. The fraction of sp³-hybridized carbons (Fsp3) is 0.375. The molecule has 0 spiro atoms. The summed E-state index contributed by atoms with van der Waals surface area (Å²) in [5, 5.41) is 10.6. The maximum atomic E-state index is 13.4. The topological polar surface area (TPSA) is 98.6 Å². The van der Waals surface area contributed by atoms with Crippen molar-refractivity contribution in [2.24, 2.45) is 0 Å². The van der Waals surface area contributed by atoms with Gasteiger partial charge in [-0.15, -0.1) is 5.10 Å². The number of amides is 1. The van der Waals surface area contributed by atoms with Crippen molar-refractivity contribution in [1.82, 2.24) is 20.3 Å². The predicted molar refractivity (Wildman–Crippen MR) is 136 cm³/mol. The molecule has 9 nitrogen and oxygen atoms in total. The Morgan fingerprint density at radius 1 is 1.03 bits per heavy atom. The van der Waals surface area contributed by atoms with Crippen molar-refractivity contribution in [2.45, 2.75) is 55.9 Å². The Bertz CT molecular complexity index is 1190. The number of aromatic nitrogens is 3. The lowest BCUT2D eigenvalue weighted by Crippen LogP contribution is -2.40. The first-order valence-electron chi connectivity index (χ1n) is 11.5. The van der Waals surface area contributed by atoms with Crippen LogP contribution in [0.2, 0.25) is 0 Å². The zero-order chi connectivity index (χ0) is 25.1. The van der Waals surface area contributed by atoms with Crippen LogP contribution in [0.15, 0.2) is 64.5 Å². The number of nitrogens with one attached hydrogen (secondary N) is 1. The van der Waals surface area contributed by atoms with E-state index in [0.29, 0.717) is 5.69 Å². The third kappa shape index (κ3) is 5.37. The Hall–Kier alpha value is -2.49. The molecule has 0 aliphatic carbocycles. The summed E-state index contributed by atoms with van der Waals surface area (Å²) in [6.07, 6.45) is 1.71. The Kier molecular flexibility index (Phi) is 7.78. The highest BCUT2D eigenvalue weighted by molar-refractivity contribution is 7.99. The van der Waals surface area contributed by atoms with Gasteiger partial charge in [-0.05, 0) is 52.0 Å². The number of hydrogen-bond acceptors (Lipinski definition) is 8. The van der Waals surface area contributed by atoms with Crippen LogP contribution in [-0.2, 0) is 31.5 Å². The second-order valence-corrected chi connectivity index (χ2v) is 12.1. The van der Waals surface area contributed by atoms with Gasteiger partial charge < -0.3 is 9.05 Å². The van der Waals surface area contributed by atoms with Gasteiger partial charge in [-0.2, -0.15) is 0 Å². The van der Waals surface area contributed by atoms with Crippen molar-refractivity contribution in [1.29, 1.82) is 0 Å². The molecule has 1 aromatic heterocycles. The summed E-state index contributed by atoms with van der Waals surface area (Å²) in [6.45, 7) is 7.98. The average molecular weight is 516 g/mol. The maximum Gasteiger partial charge on any atom is 0.349 e. The van der Waals surface area contributed by atoms with Gasteiger partial charge in [-0.1, -0.05) is 41.2 Å². The van der Waals surface area contributed by atoms with Crippen LogP contribution in [0, 0.1) is 0 Å². The summed E-state index contributed by atoms with van der Waals surface area (Å²) in [7, 11) is -3.38. The number of rotatable bonds is 10. The molecule has 0 saturated carbocycles. The highest BCUT2D eigenvalue weighted by atomic mass is 32.2. The minimum atomic E-state index is -3.38. The van der Waals surface area contributed by atoms with Crippen molar-refractivity contribution in [3.05, 3.63) is 60.4 Å². The lowest BCUT2D eigenvalue weighted by Gasteiger charge is -2.33. The van der Waals surface area contributed by atoms with Gasteiger partial charge in [0, 0.05) is 16.3 Å². The van der Waals surface area contributed by atoms with E-state index in [-0.39, 0.29) is 32.2 Å². The van der Waals surface area contributed by atoms with Crippen LogP contribution in [0.4, 0.5) is 11.4 Å². The normalized spacial score (nSPS) is 13.4. The van der Waals surface area contributed by atoms with Gasteiger partial charge in [0.15, 0.2) is 0 Å². The molecule has 1 N–H and O–H groups in total. The van der Waals surface area contributed by atoms with Crippen LogP contribution in [-0.4, -0.2) is 39.4 Å². The maximum absolute atomic E-state index is 13.4. The van der Waals surface area contributed by atoms with Crippen LogP contribution in [0.3, 0.4) is 0 Å². The first-order chi connectivity index (χ1) is 16.8. The molecule has 11 heteroatoms. The standard InChI is InChI=1S/C24H30N5O4PS/c1-5-32-34(31,33-6-2)24(3,4)25-15-18-16-28(27-26-18)17-23(30)29-19-11-7-9-13-21(19)35-22-14-10-8-12-20(22)29/h7-14,16,25H,5-6,15,17H2,1-4H3. The average Bonchev–Trinajstić information content (AvgIpc) is 3.28. The number of hydrogen-bond donors (Lipinski definition) is 1. The zero-order valence-corrected chi connectivity index (χ0v) is 22.0. The van der Waals surface area contributed by atoms with Gasteiger partial charge >= 0.3 is 7.60 Å². The molecule has 0 saturated heterocycles. The number of anilines is 2. The van der Waals surface area contributed by atoms with Crippen molar-refractivity contribution in [3.63, 3.8) is 0 Å². The fourth-order valence-electron chi connectivity index (χ4n) is 3.78. The van der Waals surface area contributed by atoms with Gasteiger partial charge in [0.1, 0.15) is 11.8 Å². The Morgan fingerprint density at radius 3 is 2.17 bits per heavy atom. The first-order valence-corrected chi connectivity index (χ1v) is 13.9. The molecule has 186 valence electrons. The molecule has 3 aromatic rings. The van der Waals surface area contributed by atoms with Crippen LogP contribution in [0.25, 0.3) is 0 Å². The van der Waals surface area contributed by atoms with Gasteiger partial charge in [0.2, 0.25) is 0 Å². The van der Waals surface area contributed by atoms with E-state index in [1.165, 1.54) is 4.68 Å². The quantitative estimate of drug-likeness (QED) is 0.368. The summed E-state index contributed by atoms with van der Waals surface area (Å²) in [5.41, 5.74) is 2.32. The highest BCUT2D eigenvalue weighted by Gasteiger charge is 2.43. The molecule has 0 unspecified atom stereocenters. The van der Waals surface area contributed by atoms with Crippen LogP contribution < -0.4 is 10.2 Å². The number of para-hydroxylation sites is 2. The molecule has 1 amide bonds. The van der Waals surface area contributed by atoms with Crippen molar-refractivity contribution in [2.75, 3.05) is 18.1 Å². The van der Waals surface area contributed by atoms with E-state index < -0.39 is 12.9 Å². The molecule has 0 radical (unpaired) electrons. The monoisotopic (exact) mass is 515 g/mol. The van der Waals surface area contributed by atoms with Crippen LogP contribution in [0.1, 0.15) is 33.4 Å². The fourth-order valence-corrected chi connectivity index (χ4v) is 6.51. The third-order valence-electron chi connectivity index (χ3n) is 5.55. The van der Waals surface area contributed by atoms with Gasteiger partial charge in [0.25, 0.3) is 5.91 Å². The van der Waals surface area contributed by atoms with E-state index in [2.05, 4.69) is 15.6 Å². The van der Waals surface area contributed by atoms with Crippen molar-refractivity contribution in [3.8, 4) is 0 Å². The molecule has 1 aliphatic heterocycles. The molecule has 2 aromatic carbocycles. The van der Waals surface area contributed by atoms with Gasteiger partial charge in [0.05, 0.1) is 36.5 Å². The smallest absolute Gasteiger partial charge is 0.308 e. The molecule has 1 aliphatic rings. The number of carbonyl (C=O) groups excluding carboxylic acids is 1. The molecular weight excluding hydrogens is 485 g/mol. The Morgan fingerprint density at radius 2 is 1.60 bits per heavy atom. The minimum Gasteiger partial charge on any atom is -0.308 e. The zero-order valence-electron chi connectivity index (χ0n) is 20.3. The second-order valence-electron chi connectivity index (χ2n) is 8.42. The second kappa shape index (κ2) is 10.6. The molecule has 35 heavy (non-hydrogen) atoms. The van der Waals surface area contributed by atoms with E-state index in [1.807, 2.05) is 48.5 Å². The number of nitrogens with zero attached hydrogens (tertiary/aromatic N) is 4. The van der Waals surface area contributed by atoms with Crippen LogP contribution >= 0.6 is 19.4 Å². The third-order valence-corrected chi connectivity index (χ3v) is 9.40. The SMILES string of the molecule is CCOP(=O)(OCC)C(C)(C)NCc1cn(CC(=O)N2c3ccccc3Sc3ccccc32)nn1. The molecule has 0 bridgehead atoms. The molecule has 2 heterocycles. The predicted octanol–water partition coefficient (Wildman–Crippen LogP) is 5.20. The van der Waals surface area contributed by atoms with Crippen molar-refractivity contribution < 1.29 is 18.4 Å². The van der Waals surface area contributed by atoms with E-state index in [1.54, 1.807) is 50.6 Å². The highest BCUT2D eigenvalue weighted by Crippen LogP contribution is 2.58. The minimum absolute atomic E-state index is 0.0279. The number of fused-ring (bicyclic) bond motifs is 2.